The van der Waals surface area contributed by atoms with Crippen LogP contribution in [0.1, 0.15) is 37.3 Å². The lowest BCUT2D eigenvalue weighted by molar-refractivity contribution is 0.357. The van der Waals surface area contributed by atoms with E-state index in [1.807, 2.05) is 6.92 Å². The topological polar surface area (TPSA) is 90.9 Å². The minimum atomic E-state index is 0. The van der Waals surface area contributed by atoms with Gasteiger partial charge in [-0.1, -0.05) is 0 Å². The van der Waals surface area contributed by atoms with E-state index in [1.165, 1.54) is 0 Å². The van der Waals surface area contributed by atoms with Gasteiger partial charge in [0.05, 0.1) is 12.0 Å². The van der Waals surface area contributed by atoms with Gasteiger partial charge in [-0.2, -0.15) is 5.26 Å². The molecule has 2 aliphatic rings. The summed E-state index contributed by atoms with van der Waals surface area (Å²) in [5, 5.41) is 24.4. The minimum absolute atomic E-state index is 0. The Hall–Kier alpha value is -1.37. The van der Waals surface area contributed by atoms with Gasteiger partial charge >= 0.3 is 0 Å². The number of hydrogen-bond acceptors (Lipinski definition) is 4. The van der Waals surface area contributed by atoms with Crippen LogP contribution in [0.25, 0.3) is 0 Å². The predicted molar refractivity (Wildman–Crippen MR) is 103 cm³/mol. The first-order valence-electron chi connectivity index (χ1n) is 8.46. The molecule has 1 aromatic heterocycles. The van der Waals surface area contributed by atoms with Crippen molar-refractivity contribution < 1.29 is 0 Å². The van der Waals surface area contributed by atoms with E-state index in [1.54, 1.807) is 7.05 Å². The normalized spacial score (nSPS) is 26.2. The molecule has 1 aliphatic carbocycles. The van der Waals surface area contributed by atoms with Gasteiger partial charge in [-0.05, 0) is 38.5 Å². The summed E-state index contributed by atoms with van der Waals surface area (Å²) in [5.74, 6) is 3.55. The van der Waals surface area contributed by atoms with Crippen molar-refractivity contribution in [1.82, 2.24) is 25.4 Å². The van der Waals surface area contributed by atoms with Gasteiger partial charge in [0.25, 0.3) is 0 Å². The summed E-state index contributed by atoms with van der Waals surface area (Å²) < 4.78 is 2.22. The standard InChI is InChI=1S/C16H25N7.HI/c1-11-21-22-15-7-6-12(10-23(11)15)9-19-16(18-2)20-14-5-3-4-13(14)8-17;/h12-14H,3-7,9-10H2,1-2H3,(H2,18,19,20);1H. The monoisotopic (exact) mass is 443 g/mol. The highest BCUT2D eigenvalue weighted by atomic mass is 127. The maximum Gasteiger partial charge on any atom is 0.191 e. The summed E-state index contributed by atoms with van der Waals surface area (Å²) in [6.07, 6.45) is 5.25. The number of rotatable bonds is 3. The Bertz CT molecular complexity index is 618. The molecule has 1 saturated carbocycles. The largest absolute Gasteiger partial charge is 0.356 e. The molecule has 2 N–H and O–H groups in total. The fourth-order valence-electron chi connectivity index (χ4n) is 3.60. The lowest BCUT2D eigenvalue weighted by atomic mass is 9.99. The Balaban J connectivity index is 0.00000208. The maximum atomic E-state index is 9.19. The van der Waals surface area contributed by atoms with Crippen LogP contribution in [0.3, 0.4) is 0 Å². The van der Waals surface area contributed by atoms with Gasteiger partial charge in [0.1, 0.15) is 11.6 Å². The van der Waals surface area contributed by atoms with Gasteiger partial charge < -0.3 is 15.2 Å². The summed E-state index contributed by atoms with van der Waals surface area (Å²) >= 11 is 0. The number of aromatic nitrogens is 3. The quantitative estimate of drug-likeness (QED) is 0.421. The molecule has 0 bridgehead atoms. The Labute approximate surface area is 160 Å². The van der Waals surface area contributed by atoms with E-state index in [4.69, 9.17) is 0 Å². The summed E-state index contributed by atoms with van der Waals surface area (Å²) in [5.41, 5.74) is 0. The van der Waals surface area contributed by atoms with Crippen LogP contribution in [0.5, 0.6) is 0 Å². The highest BCUT2D eigenvalue weighted by Crippen LogP contribution is 2.24. The zero-order valence-electron chi connectivity index (χ0n) is 14.3. The van der Waals surface area contributed by atoms with Crippen molar-refractivity contribution in [3.8, 4) is 6.07 Å². The first-order valence-corrected chi connectivity index (χ1v) is 8.46. The van der Waals surface area contributed by atoms with Crippen molar-refractivity contribution in [2.45, 2.75) is 51.6 Å². The van der Waals surface area contributed by atoms with Crippen LogP contribution in [0, 0.1) is 30.1 Å². The number of aliphatic imine (C=N–C) groups is 1. The number of aryl methyl sites for hydroxylation is 2. The van der Waals surface area contributed by atoms with Gasteiger partial charge in [-0.3, -0.25) is 4.99 Å². The SMILES string of the molecule is CN=C(NCC1CCc2nnc(C)n2C1)NC1CCCC1C#N.I. The van der Waals surface area contributed by atoms with Crippen LogP contribution in [0.2, 0.25) is 0 Å². The molecule has 3 atom stereocenters. The summed E-state index contributed by atoms with van der Waals surface area (Å²) in [7, 11) is 1.79. The lowest BCUT2D eigenvalue weighted by Gasteiger charge is -2.26. The molecule has 0 aromatic carbocycles. The van der Waals surface area contributed by atoms with Gasteiger partial charge in [0, 0.05) is 32.6 Å². The predicted octanol–water partition coefficient (Wildman–Crippen LogP) is 1.62. The number of fused-ring (bicyclic) bond motifs is 1. The molecule has 0 amide bonds. The number of guanidine groups is 1. The third kappa shape index (κ3) is 4.18. The smallest absolute Gasteiger partial charge is 0.191 e. The van der Waals surface area contributed by atoms with E-state index < -0.39 is 0 Å². The second-order valence-electron chi connectivity index (χ2n) is 6.55. The Morgan fingerprint density at radius 1 is 1.38 bits per heavy atom. The zero-order valence-corrected chi connectivity index (χ0v) is 16.7. The van der Waals surface area contributed by atoms with E-state index in [0.717, 1.165) is 62.8 Å². The molecular weight excluding hydrogens is 417 g/mol. The Kier molecular flexibility index (Phi) is 6.83. The van der Waals surface area contributed by atoms with Crippen LogP contribution >= 0.6 is 24.0 Å². The van der Waals surface area contributed by atoms with E-state index in [9.17, 15) is 5.26 Å². The molecule has 8 heteroatoms. The van der Waals surface area contributed by atoms with Crippen molar-refractivity contribution in [3.05, 3.63) is 11.6 Å². The van der Waals surface area contributed by atoms with Crippen molar-refractivity contribution >= 4 is 29.9 Å². The second kappa shape index (κ2) is 8.65. The van der Waals surface area contributed by atoms with Crippen molar-refractivity contribution in [2.24, 2.45) is 16.8 Å². The number of nitrogens with zero attached hydrogens (tertiary/aromatic N) is 5. The van der Waals surface area contributed by atoms with Gasteiger partial charge in [0.2, 0.25) is 0 Å². The molecule has 1 aliphatic heterocycles. The summed E-state index contributed by atoms with van der Waals surface area (Å²) in [4.78, 5) is 4.31. The molecule has 132 valence electrons. The average molecular weight is 443 g/mol. The molecule has 0 radical (unpaired) electrons. The van der Waals surface area contributed by atoms with Crippen LogP contribution < -0.4 is 10.6 Å². The van der Waals surface area contributed by atoms with Crippen molar-refractivity contribution in [1.29, 1.82) is 5.26 Å². The zero-order chi connectivity index (χ0) is 16.2. The molecule has 1 fully saturated rings. The maximum absolute atomic E-state index is 9.19. The minimum Gasteiger partial charge on any atom is -0.356 e. The van der Waals surface area contributed by atoms with Gasteiger partial charge in [-0.15, -0.1) is 34.2 Å². The lowest BCUT2D eigenvalue weighted by Crippen LogP contribution is -2.46. The molecule has 1 aromatic rings. The number of nitrogens with one attached hydrogen (secondary N) is 2. The van der Waals surface area contributed by atoms with E-state index in [2.05, 4.69) is 36.5 Å². The first kappa shape index (κ1) is 19.0. The third-order valence-corrected chi connectivity index (χ3v) is 5.02. The molecule has 24 heavy (non-hydrogen) atoms. The highest BCUT2D eigenvalue weighted by Gasteiger charge is 2.28. The highest BCUT2D eigenvalue weighted by molar-refractivity contribution is 14.0. The first-order chi connectivity index (χ1) is 11.2. The van der Waals surface area contributed by atoms with Crippen molar-refractivity contribution in [2.75, 3.05) is 13.6 Å². The Morgan fingerprint density at radius 2 is 2.21 bits per heavy atom. The molecule has 2 heterocycles. The third-order valence-electron chi connectivity index (χ3n) is 5.02. The van der Waals surface area contributed by atoms with Crippen LogP contribution in [0.4, 0.5) is 0 Å². The Morgan fingerprint density at radius 3 is 2.96 bits per heavy atom. The fourth-order valence-corrected chi connectivity index (χ4v) is 3.60. The molecule has 7 nitrogen and oxygen atoms in total. The molecule has 0 saturated heterocycles. The molecule has 3 rings (SSSR count). The van der Waals surface area contributed by atoms with E-state index >= 15 is 0 Å². The number of halogens is 1. The van der Waals surface area contributed by atoms with Crippen LogP contribution in [0.15, 0.2) is 4.99 Å². The van der Waals surface area contributed by atoms with Crippen molar-refractivity contribution in [3.63, 3.8) is 0 Å². The van der Waals surface area contributed by atoms with Gasteiger partial charge in [0.15, 0.2) is 5.96 Å². The van der Waals surface area contributed by atoms with E-state index in [0.29, 0.717) is 5.92 Å². The summed E-state index contributed by atoms with van der Waals surface area (Å²) in [6, 6.07) is 2.63. The molecule has 3 unspecified atom stereocenters. The fraction of sp³-hybridized carbons (Fsp3) is 0.750. The van der Waals surface area contributed by atoms with Crippen LogP contribution in [-0.2, 0) is 13.0 Å². The number of hydrogen-bond donors (Lipinski definition) is 2. The van der Waals surface area contributed by atoms with Gasteiger partial charge in [-0.25, -0.2) is 0 Å². The van der Waals surface area contributed by atoms with Crippen LogP contribution in [-0.4, -0.2) is 40.4 Å². The second-order valence-corrected chi connectivity index (χ2v) is 6.55. The molecule has 0 spiro atoms. The van der Waals surface area contributed by atoms with E-state index in [-0.39, 0.29) is 35.9 Å². The average Bonchev–Trinajstić information content (AvgIpc) is 3.18. The summed E-state index contributed by atoms with van der Waals surface area (Å²) in [6.45, 7) is 3.85. The molecular formula is C16H26IN7. The number of nitriles is 1.